The zero-order valence-electron chi connectivity index (χ0n) is 10.1. The molecule has 0 aliphatic heterocycles. The molecule has 0 unspecified atom stereocenters. The molecule has 0 amide bonds. The van der Waals surface area contributed by atoms with Gasteiger partial charge >= 0.3 is 0 Å². The number of nitrogens with zero attached hydrogens (tertiary/aromatic N) is 1. The molecule has 19 heavy (non-hydrogen) atoms. The molecule has 0 spiro atoms. The minimum Gasteiger partial charge on any atom is -0.280 e. The summed E-state index contributed by atoms with van der Waals surface area (Å²) in [4.78, 5) is 0.193. The summed E-state index contributed by atoms with van der Waals surface area (Å²) >= 11 is 7.80. The first-order valence-corrected chi connectivity index (χ1v) is 9.21. The Kier molecular flexibility index (Phi) is 4.38. The van der Waals surface area contributed by atoms with Gasteiger partial charge in [-0.2, -0.15) is 5.10 Å². The van der Waals surface area contributed by atoms with E-state index in [1.807, 2.05) is 13.8 Å². The van der Waals surface area contributed by atoms with E-state index in [2.05, 4.69) is 46.8 Å². The molecule has 2 aromatic rings. The Hall–Kier alpha value is -0.380. The average Bonchev–Trinajstić information content (AvgIpc) is 2.85. The van der Waals surface area contributed by atoms with Crippen molar-refractivity contribution in [2.24, 2.45) is 0 Å². The standard InChI is InChI=1S/C10H11Br2N3O2S2/c1-5(2)6-3-9(14-13-6)15-19(16,17)7-4-8(11)18-10(7)12/h3-5H,1-2H3,(H2,13,14,15). The van der Waals surface area contributed by atoms with Crippen LogP contribution in [-0.2, 0) is 10.0 Å². The number of rotatable bonds is 4. The highest BCUT2D eigenvalue weighted by molar-refractivity contribution is 9.12. The highest BCUT2D eigenvalue weighted by Gasteiger charge is 2.21. The predicted molar refractivity (Wildman–Crippen MR) is 83.2 cm³/mol. The van der Waals surface area contributed by atoms with E-state index in [1.165, 1.54) is 11.3 Å². The first-order valence-electron chi connectivity index (χ1n) is 5.32. The van der Waals surface area contributed by atoms with Gasteiger partial charge in [0.25, 0.3) is 10.0 Å². The molecule has 5 nitrogen and oxygen atoms in total. The summed E-state index contributed by atoms with van der Waals surface area (Å²) in [5, 5.41) is 6.75. The number of H-pyrrole nitrogens is 1. The van der Waals surface area contributed by atoms with E-state index in [9.17, 15) is 8.42 Å². The molecule has 0 bridgehead atoms. The van der Waals surface area contributed by atoms with E-state index in [1.54, 1.807) is 12.1 Å². The fourth-order valence-electron chi connectivity index (χ4n) is 1.39. The lowest BCUT2D eigenvalue weighted by Gasteiger charge is -2.03. The third-order valence-corrected chi connectivity index (χ3v) is 6.48. The summed E-state index contributed by atoms with van der Waals surface area (Å²) in [6.45, 7) is 4.00. The second-order valence-corrected chi connectivity index (χ2v) is 9.56. The summed E-state index contributed by atoms with van der Waals surface area (Å²) in [6.07, 6.45) is 0. The van der Waals surface area contributed by atoms with Crippen LogP contribution in [0.3, 0.4) is 0 Å². The SMILES string of the molecule is CC(C)c1cc(NS(=O)(=O)c2cc(Br)sc2Br)n[nH]1. The third-order valence-electron chi connectivity index (χ3n) is 2.37. The molecule has 0 radical (unpaired) electrons. The van der Waals surface area contributed by atoms with Crippen LogP contribution in [0.5, 0.6) is 0 Å². The maximum absolute atomic E-state index is 12.2. The Morgan fingerprint density at radius 2 is 2.05 bits per heavy atom. The average molecular weight is 429 g/mol. The van der Waals surface area contributed by atoms with E-state index >= 15 is 0 Å². The minimum atomic E-state index is -3.63. The summed E-state index contributed by atoms with van der Waals surface area (Å²) in [5.41, 5.74) is 0.878. The van der Waals surface area contributed by atoms with Gasteiger partial charge in [-0.1, -0.05) is 13.8 Å². The van der Waals surface area contributed by atoms with Gasteiger partial charge in [-0.3, -0.25) is 9.82 Å². The van der Waals surface area contributed by atoms with Crippen molar-refractivity contribution >= 4 is 59.0 Å². The number of aromatic nitrogens is 2. The first-order chi connectivity index (χ1) is 8.79. The van der Waals surface area contributed by atoms with Gasteiger partial charge in [-0.05, 0) is 43.8 Å². The van der Waals surface area contributed by atoms with Crippen LogP contribution in [0.1, 0.15) is 25.5 Å². The second kappa shape index (κ2) is 5.55. The molecule has 0 saturated heterocycles. The Morgan fingerprint density at radius 3 is 2.53 bits per heavy atom. The van der Waals surface area contributed by atoms with Crippen molar-refractivity contribution in [2.75, 3.05) is 4.72 Å². The number of hydrogen-bond acceptors (Lipinski definition) is 4. The van der Waals surface area contributed by atoms with Gasteiger partial charge in [-0.25, -0.2) is 8.42 Å². The van der Waals surface area contributed by atoms with Gasteiger partial charge in [0.1, 0.15) is 4.90 Å². The van der Waals surface area contributed by atoms with Crippen LogP contribution >= 0.6 is 43.2 Å². The van der Waals surface area contributed by atoms with Crippen molar-refractivity contribution in [2.45, 2.75) is 24.7 Å². The molecule has 2 N–H and O–H groups in total. The highest BCUT2D eigenvalue weighted by atomic mass is 79.9. The molecular formula is C10H11Br2N3O2S2. The molecule has 2 heterocycles. The number of hydrogen-bond donors (Lipinski definition) is 2. The lowest BCUT2D eigenvalue weighted by atomic mass is 10.1. The van der Waals surface area contributed by atoms with E-state index in [4.69, 9.17) is 0 Å². The second-order valence-electron chi connectivity index (χ2n) is 4.16. The van der Waals surface area contributed by atoms with E-state index in [-0.39, 0.29) is 16.6 Å². The number of nitrogens with one attached hydrogen (secondary N) is 2. The van der Waals surface area contributed by atoms with Crippen LogP contribution in [-0.4, -0.2) is 18.6 Å². The number of thiophene rings is 1. The molecule has 0 aromatic carbocycles. The highest BCUT2D eigenvalue weighted by Crippen LogP contribution is 2.35. The van der Waals surface area contributed by atoms with Crippen LogP contribution < -0.4 is 4.72 Å². The number of halogens is 2. The zero-order chi connectivity index (χ0) is 14.2. The molecule has 0 fully saturated rings. The van der Waals surface area contributed by atoms with Crippen molar-refractivity contribution in [3.05, 3.63) is 25.4 Å². The van der Waals surface area contributed by atoms with Crippen LogP contribution in [0, 0.1) is 0 Å². The molecule has 0 saturated carbocycles. The van der Waals surface area contributed by atoms with Gasteiger partial charge in [0, 0.05) is 11.8 Å². The Bertz CT molecular complexity index is 691. The normalized spacial score (nSPS) is 12.1. The maximum Gasteiger partial charge on any atom is 0.265 e. The molecule has 104 valence electrons. The van der Waals surface area contributed by atoms with E-state index in [0.717, 1.165) is 9.48 Å². The molecule has 9 heteroatoms. The quantitative estimate of drug-likeness (QED) is 0.774. The summed E-state index contributed by atoms with van der Waals surface area (Å²) in [6, 6.07) is 3.24. The van der Waals surface area contributed by atoms with Gasteiger partial charge in [0.05, 0.1) is 7.57 Å². The van der Waals surface area contributed by atoms with E-state index in [0.29, 0.717) is 3.79 Å². The third kappa shape index (κ3) is 3.39. The van der Waals surface area contributed by atoms with Crippen molar-refractivity contribution in [3.8, 4) is 0 Å². The van der Waals surface area contributed by atoms with Gasteiger partial charge in [-0.15, -0.1) is 11.3 Å². The molecule has 0 atom stereocenters. The van der Waals surface area contributed by atoms with Crippen molar-refractivity contribution in [1.82, 2.24) is 10.2 Å². The Balaban J connectivity index is 2.28. The topological polar surface area (TPSA) is 74.8 Å². The molecule has 0 aliphatic carbocycles. The van der Waals surface area contributed by atoms with Crippen LogP contribution in [0.15, 0.2) is 24.6 Å². The first kappa shape index (κ1) is 15.0. The largest absolute Gasteiger partial charge is 0.280 e. The Labute approximate surface area is 132 Å². The van der Waals surface area contributed by atoms with Crippen molar-refractivity contribution in [1.29, 1.82) is 0 Å². The minimum absolute atomic E-state index is 0.193. The van der Waals surface area contributed by atoms with E-state index < -0.39 is 10.0 Å². The number of sulfonamides is 1. The van der Waals surface area contributed by atoms with Crippen LogP contribution in [0.25, 0.3) is 0 Å². The molecular weight excluding hydrogens is 418 g/mol. The summed E-state index contributed by atoms with van der Waals surface area (Å²) < 4.78 is 28.1. The molecule has 2 aromatic heterocycles. The fraction of sp³-hybridized carbons (Fsp3) is 0.300. The lowest BCUT2D eigenvalue weighted by Crippen LogP contribution is -2.12. The summed E-state index contributed by atoms with van der Waals surface area (Å²) in [5.74, 6) is 0.547. The molecule has 2 rings (SSSR count). The van der Waals surface area contributed by atoms with Gasteiger partial charge < -0.3 is 0 Å². The Morgan fingerprint density at radius 1 is 1.37 bits per heavy atom. The fourth-order valence-corrected chi connectivity index (χ4v) is 6.19. The number of aromatic amines is 1. The van der Waals surface area contributed by atoms with Gasteiger partial charge in [0.2, 0.25) is 0 Å². The maximum atomic E-state index is 12.2. The monoisotopic (exact) mass is 427 g/mol. The van der Waals surface area contributed by atoms with Crippen molar-refractivity contribution < 1.29 is 8.42 Å². The predicted octanol–water partition coefficient (Wildman–Crippen LogP) is 3.92. The van der Waals surface area contributed by atoms with Crippen LogP contribution in [0.4, 0.5) is 5.82 Å². The zero-order valence-corrected chi connectivity index (χ0v) is 14.9. The lowest BCUT2D eigenvalue weighted by molar-refractivity contribution is 0.601. The summed E-state index contributed by atoms with van der Waals surface area (Å²) in [7, 11) is -3.63. The number of anilines is 1. The van der Waals surface area contributed by atoms with Crippen LogP contribution in [0.2, 0.25) is 0 Å². The van der Waals surface area contributed by atoms with Crippen molar-refractivity contribution in [3.63, 3.8) is 0 Å². The molecule has 0 aliphatic rings. The smallest absolute Gasteiger partial charge is 0.265 e. The van der Waals surface area contributed by atoms with Gasteiger partial charge in [0.15, 0.2) is 5.82 Å².